The van der Waals surface area contributed by atoms with Gasteiger partial charge in [0.25, 0.3) is 0 Å². The molecule has 0 bridgehead atoms. The molecule has 2 N–H and O–H groups in total. The fourth-order valence-corrected chi connectivity index (χ4v) is 4.89. The number of anilines is 1. The van der Waals surface area contributed by atoms with E-state index in [1.54, 1.807) is 16.7 Å². The number of nitrogens with two attached hydrogens (primary N) is 1. The molecule has 8 heteroatoms. The maximum atomic E-state index is 11.8. The predicted molar refractivity (Wildman–Crippen MR) is 75.4 cm³/mol. The van der Waals surface area contributed by atoms with Crippen LogP contribution in [-0.4, -0.2) is 41.6 Å². The summed E-state index contributed by atoms with van der Waals surface area (Å²) < 4.78 is 30.4. The van der Waals surface area contributed by atoms with Crippen molar-refractivity contribution in [2.75, 3.05) is 24.3 Å². The lowest BCUT2D eigenvalue weighted by Gasteiger charge is -2.25. The summed E-state index contributed by atoms with van der Waals surface area (Å²) in [6, 6.07) is 3.47. The Hall–Kier alpha value is -1.83. The summed E-state index contributed by atoms with van der Waals surface area (Å²) in [6.45, 7) is 1.87. The van der Waals surface area contributed by atoms with Gasteiger partial charge in [-0.1, -0.05) is 0 Å². The van der Waals surface area contributed by atoms with Crippen LogP contribution in [0, 0.1) is 0 Å². The van der Waals surface area contributed by atoms with Gasteiger partial charge in [-0.25, -0.2) is 13.4 Å². The number of nitrogen functional groups attached to an aromatic ring is 1. The van der Waals surface area contributed by atoms with Crippen LogP contribution in [0.5, 0.6) is 5.88 Å². The second kappa shape index (κ2) is 4.08. The first-order chi connectivity index (χ1) is 9.35. The maximum absolute atomic E-state index is 11.8. The molecule has 108 valence electrons. The molecule has 1 atom stereocenters. The van der Waals surface area contributed by atoms with Crippen LogP contribution >= 0.6 is 0 Å². The Kier molecular flexibility index (Phi) is 2.69. The number of sulfone groups is 1. The van der Waals surface area contributed by atoms with Crippen molar-refractivity contribution in [3.05, 3.63) is 12.1 Å². The third kappa shape index (κ3) is 1.91. The molecule has 0 saturated carbocycles. The van der Waals surface area contributed by atoms with Crippen LogP contribution in [0.2, 0.25) is 0 Å². The highest BCUT2D eigenvalue weighted by Gasteiger charge is 2.42. The summed E-state index contributed by atoms with van der Waals surface area (Å²) in [5, 5.41) is 0. The highest BCUT2D eigenvalue weighted by molar-refractivity contribution is 7.91. The molecule has 1 fully saturated rings. The van der Waals surface area contributed by atoms with Crippen LogP contribution in [-0.2, 0) is 15.4 Å². The van der Waals surface area contributed by atoms with Crippen molar-refractivity contribution in [1.29, 1.82) is 0 Å². The number of imidazole rings is 1. The minimum Gasteiger partial charge on any atom is -0.481 e. The highest BCUT2D eigenvalue weighted by atomic mass is 32.2. The molecule has 1 aliphatic heterocycles. The van der Waals surface area contributed by atoms with Gasteiger partial charge in [0.15, 0.2) is 15.5 Å². The van der Waals surface area contributed by atoms with E-state index in [1.165, 1.54) is 7.11 Å². The molecular formula is C12H16N4O3S. The largest absolute Gasteiger partial charge is 0.481 e. The molecule has 2 aromatic heterocycles. The summed E-state index contributed by atoms with van der Waals surface area (Å²) in [4.78, 5) is 8.61. The van der Waals surface area contributed by atoms with Crippen molar-refractivity contribution in [1.82, 2.24) is 14.5 Å². The Labute approximate surface area is 116 Å². The summed E-state index contributed by atoms with van der Waals surface area (Å²) in [7, 11) is -1.52. The first-order valence-corrected chi connectivity index (χ1v) is 8.07. The van der Waals surface area contributed by atoms with E-state index >= 15 is 0 Å². The molecule has 1 unspecified atom stereocenters. The normalized spacial score (nSPS) is 25.1. The summed E-state index contributed by atoms with van der Waals surface area (Å²) in [6.07, 6.45) is 0.504. The van der Waals surface area contributed by atoms with E-state index in [0.717, 1.165) is 0 Å². The zero-order chi connectivity index (χ0) is 14.5. The van der Waals surface area contributed by atoms with Crippen LogP contribution < -0.4 is 10.5 Å². The van der Waals surface area contributed by atoms with Crippen molar-refractivity contribution in [2.24, 2.45) is 0 Å². The maximum Gasteiger partial charge on any atom is 0.215 e. The average Bonchev–Trinajstić information content (AvgIpc) is 2.85. The molecule has 0 radical (unpaired) electrons. The van der Waals surface area contributed by atoms with Gasteiger partial charge >= 0.3 is 0 Å². The zero-order valence-electron chi connectivity index (χ0n) is 11.3. The quantitative estimate of drug-likeness (QED) is 0.869. The first-order valence-electron chi connectivity index (χ1n) is 6.24. The second-order valence-electron chi connectivity index (χ2n) is 5.34. The van der Waals surface area contributed by atoms with Gasteiger partial charge in [0.1, 0.15) is 5.52 Å². The number of pyridine rings is 1. The Morgan fingerprint density at radius 1 is 1.40 bits per heavy atom. The lowest BCUT2D eigenvalue weighted by molar-refractivity contribution is 0.374. The van der Waals surface area contributed by atoms with Gasteiger partial charge in [0.05, 0.1) is 24.2 Å². The van der Waals surface area contributed by atoms with Crippen molar-refractivity contribution >= 4 is 26.9 Å². The molecule has 2 aromatic rings. The smallest absolute Gasteiger partial charge is 0.215 e. The number of nitrogens with zero attached hydrogens (tertiary/aromatic N) is 3. The number of aromatic nitrogens is 3. The molecule has 3 rings (SSSR count). The van der Waals surface area contributed by atoms with Gasteiger partial charge in [0, 0.05) is 6.07 Å². The van der Waals surface area contributed by atoms with Crippen LogP contribution in [0.3, 0.4) is 0 Å². The van der Waals surface area contributed by atoms with Gasteiger partial charge in [-0.3, -0.25) is 4.57 Å². The van der Waals surface area contributed by atoms with E-state index in [2.05, 4.69) is 9.97 Å². The van der Waals surface area contributed by atoms with Crippen LogP contribution in [0.15, 0.2) is 12.1 Å². The summed E-state index contributed by atoms with van der Waals surface area (Å²) in [5.41, 5.74) is 6.55. The Morgan fingerprint density at radius 2 is 2.15 bits per heavy atom. The molecule has 0 spiro atoms. The molecule has 0 amide bonds. The van der Waals surface area contributed by atoms with Gasteiger partial charge in [-0.05, 0) is 19.4 Å². The fourth-order valence-electron chi connectivity index (χ4n) is 2.77. The van der Waals surface area contributed by atoms with Crippen molar-refractivity contribution in [3.63, 3.8) is 0 Å². The fraction of sp³-hybridized carbons (Fsp3) is 0.500. The van der Waals surface area contributed by atoms with Crippen LogP contribution in [0.1, 0.15) is 13.3 Å². The molecule has 1 aliphatic rings. The van der Waals surface area contributed by atoms with Gasteiger partial charge in [0.2, 0.25) is 11.8 Å². The first kappa shape index (κ1) is 13.2. The SMILES string of the molecule is COc1ccc2nc(N)n(C3(C)CCS(=O)(=O)C3)c2n1. The standard InChI is InChI=1S/C12H16N4O3S/c1-12(5-6-20(17,18)7-12)16-10-8(14-11(16)13)3-4-9(15-10)19-2/h3-4H,5-7H2,1-2H3,(H2,13,14). The number of fused-ring (bicyclic) bond motifs is 1. The Morgan fingerprint density at radius 3 is 2.75 bits per heavy atom. The topological polar surface area (TPSA) is 100 Å². The average molecular weight is 296 g/mol. The number of methoxy groups -OCH3 is 1. The van der Waals surface area contributed by atoms with Crippen LogP contribution in [0.25, 0.3) is 11.2 Å². The highest BCUT2D eigenvalue weighted by Crippen LogP contribution is 2.35. The molecule has 7 nitrogen and oxygen atoms in total. The monoisotopic (exact) mass is 296 g/mol. The number of rotatable bonds is 2. The third-order valence-electron chi connectivity index (χ3n) is 3.74. The van der Waals surface area contributed by atoms with Crippen molar-refractivity contribution in [3.8, 4) is 5.88 Å². The Balaban J connectivity index is 2.23. The van der Waals surface area contributed by atoms with E-state index in [-0.39, 0.29) is 17.5 Å². The lowest BCUT2D eigenvalue weighted by Crippen LogP contribution is -2.32. The minimum atomic E-state index is -3.04. The van der Waals surface area contributed by atoms with Crippen molar-refractivity contribution in [2.45, 2.75) is 18.9 Å². The molecule has 3 heterocycles. The van der Waals surface area contributed by atoms with E-state index in [9.17, 15) is 8.42 Å². The van der Waals surface area contributed by atoms with Gasteiger partial charge in [-0.2, -0.15) is 4.98 Å². The van der Waals surface area contributed by atoms with Crippen LogP contribution in [0.4, 0.5) is 5.95 Å². The zero-order valence-corrected chi connectivity index (χ0v) is 12.1. The van der Waals surface area contributed by atoms with E-state index in [1.807, 2.05) is 6.92 Å². The van der Waals surface area contributed by atoms with Crippen molar-refractivity contribution < 1.29 is 13.2 Å². The van der Waals surface area contributed by atoms with Gasteiger partial charge < -0.3 is 10.5 Å². The number of hydrogen-bond acceptors (Lipinski definition) is 6. The number of hydrogen-bond donors (Lipinski definition) is 1. The third-order valence-corrected chi connectivity index (χ3v) is 5.62. The van der Waals surface area contributed by atoms with Gasteiger partial charge in [-0.15, -0.1) is 0 Å². The number of ether oxygens (including phenoxy) is 1. The van der Waals surface area contributed by atoms with E-state index in [0.29, 0.717) is 23.5 Å². The molecule has 0 aromatic carbocycles. The summed E-state index contributed by atoms with van der Waals surface area (Å²) >= 11 is 0. The minimum absolute atomic E-state index is 0.0501. The summed E-state index contributed by atoms with van der Waals surface area (Å²) in [5.74, 6) is 0.935. The Bertz CT molecular complexity index is 783. The molecular weight excluding hydrogens is 280 g/mol. The lowest BCUT2D eigenvalue weighted by atomic mass is 10.0. The van der Waals surface area contributed by atoms with E-state index < -0.39 is 15.4 Å². The molecule has 0 aliphatic carbocycles. The molecule has 20 heavy (non-hydrogen) atoms. The van der Waals surface area contributed by atoms with E-state index in [4.69, 9.17) is 10.5 Å². The predicted octanol–water partition coefficient (Wildman–Crippen LogP) is 0.556. The second-order valence-corrected chi connectivity index (χ2v) is 7.52. The molecule has 1 saturated heterocycles.